The van der Waals surface area contributed by atoms with Crippen molar-refractivity contribution in [3.05, 3.63) is 78.4 Å². The number of aromatic nitrogens is 4. The number of fused-ring (bicyclic) bond motifs is 1. The zero-order valence-electron chi connectivity index (χ0n) is 15.7. The van der Waals surface area contributed by atoms with E-state index in [4.69, 9.17) is 5.10 Å². The van der Waals surface area contributed by atoms with Crippen molar-refractivity contribution < 1.29 is 0 Å². The molecule has 0 saturated carbocycles. The van der Waals surface area contributed by atoms with Crippen LogP contribution in [0.3, 0.4) is 0 Å². The summed E-state index contributed by atoms with van der Waals surface area (Å²) in [5.41, 5.74) is 2.23. The number of hydrogen-bond acceptors (Lipinski definition) is 4. The van der Waals surface area contributed by atoms with Gasteiger partial charge in [0.05, 0.1) is 0 Å². The molecule has 0 aliphatic carbocycles. The Morgan fingerprint density at radius 3 is 2.57 bits per heavy atom. The number of tetrazole rings is 1. The average molecular weight is 369 g/mol. The molecule has 1 saturated heterocycles. The van der Waals surface area contributed by atoms with Crippen LogP contribution in [0.1, 0.15) is 24.4 Å². The summed E-state index contributed by atoms with van der Waals surface area (Å²) in [5, 5.41) is 19.6. The lowest BCUT2D eigenvalue weighted by atomic mass is 9.87. The van der Waals surface area contributed by atoms with Crippen molar-refractivity contribution in [2.45, 2.75) is 18.9 Å². The van der Waals surface area contributed by atoms with Gasteiger partial charge >= 0.3 is 0 Å². The van der Waals surface area contributed by atoms with Gasteiger partial charge in [0, 0.05) is 12.1 Å². The highest BCUT2D eigenvalue weighted by Crippen LogP contribution is 2.32. The van der Waals surface area contributed by atoms with Crippen LogP contribution in [0, 0.1) is 5.92 Å². The molecule has 0 bridgehead atoms. The van der Waals surface area contributed by atoms with Crippen molar-refractivity contribution >= 4 is 10.8 Å². The summed E-state index contributed by atoms with van der Waals surface area (Å²) >= 11 is 0. The minimum atomic E-state index is 0.0716. The molecule has 1 aliphatic rings. The molecule has 4 aromatic rings. The molecule has 0 spiro atoms. The monoisotopic (exact) mass is 369 g/mol. The Labute approximate surface area is 164 Å². The standard InChI is InChI=1S/C23H23N5/c1-2-8-18(9-3-1)23-25-27-28(26-23)22(21-11-6-14-24-16-21)20-13-12-17-7-4-5-10-19(17)15-20/h1-5,7-10,12-13,15,21-22,24H,6,11,14,16H2/t21-,22+/m0/s1. The van der Waals surface area contributed by atoms with Crippen LogP contribution < -0.4 is 5.32 Å². The van der Waals surface area contributed by atoms with Gasteiger partial charge in [-0.1, -0.05) is 66.7 Å². The third kappa shape index (κ3) is 3.29. The summed E-state index contributed by atoms with van der Waals surface area (Å²) in [6.45, 7) is 2.06. The zero-order valence-corrected chi connectivity index (χ0v) is 15.7. The lowest BCUT2D eigenvalue weighted by molar-refractivity contribution is 0.261. The molecule has 0 unspecified atom stereocenters. The molecule has 1 fully saturated rings. The van der Waals surface area contributed by atoms with Gasteiger partial charge in [-0.25, -0.2) is 0 Å². The zero-order chi connectivity index (χ0) is 18.8. The van der Waals surface area contributed by atoms with Crippen LogP contribution in [0.15, 0.2) is 72.8 Å². The molecule has 5 nitrogen and oxygen atoms in total. The van der Waals surface area contributed by atoms with Crippen molar-refractivity contribution in [3.8, 4) is 11.4 Å². The number of nitrogens with zero attached hydrogens (tertiary/aromatic N) is 4. The molecule has 5 rings (SSSR count). The number of nitrogens with one attached hydrogen (secondary N) is 1. The highest BCUT2D eigenvalue weighted by molar-refractivity contribution is 5.83. The second-order valence-electron chi connectivity index (χ2n) is 7.46. The van der Waals surface area contributed by atoms with E-state index < -0.39 is 0 Å². The van der Waals surface area contributed by atoms with Gasteiger partial charge < -0.3 is 5.32 Å². The van der Waals surface area contributed by atoms with Crippen molar-refractivity contribution in [2.75, 3.05) is 13.1 Å². The van der Waals surface area contributed by atoms with E-state index in [9.17, 15) is 0 Å². The lowest BCUT2D eigenvalue weighted by Crippen LogP contribution is -2.36. The van der Waals surface area contributed by atoms with Gasteiger partial charge in [-0.3, -0.25) is 0 Å². The molecule has 5 heteroatoms. The number of rotatable bonds is 4. The molecular weight excluding hydrogens is 346 g/mol. The summed E-state index contributed by atoms with van der Waals surface area (Å²) in [6.07, 6.45) is 2.34. The van der Waals surface area contributed by atoms with Crippen LogP contribution >= 0.6 is 0 Å². The van der Waals surface area contributed by atoms with E-state index in [2.05, 4.69) is 58.1 Å². The molecule has 28 heavy (non-hydrogen) atoms. The van der Waals surface area contributed by atoms with Gasteiger partial charge in [-0.2, -0.15) is 4.80 Å². The van der Waals surface area contributed by atoms with Crippen LogP contribution in [-0.4, -0.2) is 33.3 Å². The lowest BCUT2D eigenvalue weighted by Gasteiger charge is -2.30. The van der Waals surface area contributed by atoms with E-state index in [1.807, 2.05) is 35.1 Å². The van der Waals surface area contributed by atoms with E-state index in [1.165, 1.54) is 22.8 Å². The van der Waals surface area contributed by atoms with Crippen LogP contribution in [0.5, 0.6) is 0 Å². The number of benzene rings is 3. The van der Waals surface area contributed by atoms with Gasteiger partial charge in [0.25, 0.3) is 0 Å². The minimum Gasteiger partial charge on any atom is -0.316 e. The molecular formula is C23H23N5. The Morgan fingerprint density at radius 2 is 1.75 bits per heavy atom. The molecule has 2 atom stereocenters. The van der Waals surface area contributed by atoms with Gasteiger partial charge in [0.2, 0.25) is 5.82 Å². The first-order valence-electron chi connectivity index (χ1n) is 9.93. The van der Waals surface area contributed by atoms with E-state index >= 15 is 0 Å². The average Bonchev–Trinajstić information content (AvgIpc) is 3.25. The largest absolute Gasteiger partial charge is 0.316 e. The highest BCUT2D eigenvalue weighted by Gasteiger charge is 2.29. The first-order chi connectivity index (χ1) is 13.9. The van der Waals surface area contributed by atoms with Crippen LogP contribution in [0.25, 0.3) is 22.2 Å². The third-order valence-electron chi connectivity index (χ3n) is 5.61. The Hall–Kier alpha value is -3.05. The second-order valence-corrected chi connectivity index (χ2v) is 7.46. The maximum absolute atomic E-state index is 4.78. The fourth-order valence-electron chi connectivity index (χ4n) is 4.18. The van der Waals surface area contributed by atoms with Crippen molar-refractivity contribution in [3.63, 3.8) is 0 Å². The maximum atomic E-state index is 4.78. The molecule has 1 aromatic heterocycles. The summed E-state index contributed by atoms with van der Waals surface area (Å²) in [6, 6.07) is 25.3. The predicted molar refractivity (Wildman–Crippen MR) is 111 cm³/mol. The van der Waals surface area contributed by atoms with Crippen LogP contribution in [-0.2, 0) is 0 Å². The topological polar surface area (TPSA) is 55.6 Å². The molecule has 140 valence electrons. The Kier molecular flexibility index (Phi) is 4.59. The normalized spacial score (nSPS) is 18.2. The molecule has 2 heterocycles. The number of piperidine rings is 1. The number of hydrogen-bond donors (Lipinski definition) is 1. The summed E-state index contributed by atoms with van der Waals surface area (Å²) in [5.74, 6) is 1.11. The van der Waals surface area contributed by atoms with Crippen LogP contribution in [0.2, 0.25) is 0 Å². The molecule has 1 N–H and O–H groups in total. The smallest absolute Gasteiger partial charge is 0.204 e. The fourth-order valence-corrected chi connectivity index (χ4v) is 4.18. The maximum Gasteiger partial charge on any atom is 0.204 e. The van der Waals surface area contributed by atoms with Gasteiger partial charge in [0.15, 0.2) is 0 Å². The quantitative estimate of drug-likeness (QED) is 0.589. The first kappa shape index (κ1) is 17.1. The van der Waals surface area contributed by atoms with E-state index in [0.29, 0.717) is 11.7 Å². The summed E-state index contributed by atoms with van der Waals surface area (Å²) < 4.78 is 0. The summed E-state index contributed by atoms with van der Waals surface area (Å²) in [4.78, 5) is 1.82. The van der Waals surface area contributed by atoms with Crippen molar-refractivity contribution in [2.24, 2.45) is 5.92 Å². The van der Waals surface area contributed by atoms with Gasteiger partial charge in [-0.15, -0.1) is 10.2 Å². The highest BCUT2D eigenvalue weighted by atomic mass is 15.6. The Morgan fingerprint density at radius 1 is 0.929 bits per heavy atom. The molecule has 3 aromatic carbocycles. The van der Waals surface area contributed by atoms with E-state index in [-0.39, 0.29) is 6.04 Å². The predicted octanol–water partition coefficient (Wildman–Crippen LogP) is 4.08. The Bertz CT molecular complexity index is 1070. The van der Waals surface area contributed by atoms with Gasteiger partial charge in [0.1, 0.15) is 6.04 Å². The molecule has 1 aliphatic heterocycles. The van der Waals surface area contributed by atoms with E-state index in [0.717, 1.165) is 25.1 Å². The minimum absolute atomic E-state index is 0.0716. The molecule has 0 amide bonds. The van der Waals surface area contributed by atoms with Gasteiger partial charge in [-0.05, 0) is 52.9 Å². The second kappa shape index (κ2) is 7.52. The SMILES string of the molecule is c1ccc(-c2nnn([C@H](c3ccc4ccccc4c3)[C@H]3CCCNC3)n2)cc1. The molecule has 0 radical (unpaired) electrons. The van der Waals surface area contributed by atoms with Crippen molar-refractivity contribution in [1.29, 1.82) is 0 Å². The summed E-state index contributed by atoms with van der Waals surface area (Å²) in [7, 11) is 0. The third-order valence-corrected chi connectivity index (χ3v) is 5.61. The fraction of sp³-hybridized carbons (Fsp3) is 0.261. The van der Waals surface area contributed by atoms with Crippen LogP contribution in [0.4, 0.5) is 0 Å². The Balaban J connectivity index is 1.57. The first-order valence-corrected chi connectivity index (χ1v) is 9.93. The van der Waals surface area contributed by atoms with E-state index in [1.54, 1.807) is 0 Å². The van der Waals surface area contributed by atoms with Crippen molar-refractivity contribution in [1.82, 2.24) is 25.5 Å².